The number of hydrogen-bond acceptors (Lipinski definition) is 4. The van der Waals surface area contributed by atoms with Crippen molar-refractivity contribution in [3.05, 3.63) is 35.4 Å². The molecule has 126 valence electrons. The number of halogens is 2. The van der Waals surface area contributed by atoms with Crippen LogP contribution in [-0.4, -0.2) is 37.0 Å². The summed E-state index contributed by atoms with van der Waals surface area (Å²) in [6.07, 6.45) is 0.748. The molecule has 0 aliphatic carbocycles. The molecule has 0 bridgehead atoms. The fourth-order valence-corrected chi connectivity index (χ4v) is 1.65. The molecule has 1 aromatic rings. The van der Waals surface area contributed by atoms with Crippen molar-refractivity contribution in [3.8, 4) is 0 Å². The minimum Gasteiger partial charge on any atom is -0.452 e. The minimum atomic E-state index is -1.29. The predicted octanol–water partition coefficient (Wildman–Crippen LogP) is 1.15. The summed E-state index contributed by atoms with van der Waals surface area (Å²) in [7, 11) is 0. The van der Waals surface area contributed by atoms with Crippen molar-refractivity contribution < 1.29 is 27.9 Å². The van der Waals surface area contributed by atoms with Crippen molar-refractivity contribution in [2.24, 2.45) is 0 Å². The van der Waals surface area contributed by atoms with E-state index in [0.717, 1.165) is 24.6 Å². The molecule has 0 heterocycles. The monoisotopic (exact) mass is 328 g/mol. The Hall–Kier alpha value is -2.51. The lowest BCUT2D eigenvalue weighted by Crippen LogP contribution is -2.46. The second kappa shape index (κ2) is 8.82. The van der Waals surface area contributed by atoms with Gasteiger partial charge in [0, 0.05) is 6.54 Å². The lowest BCUT2D eigenvalue weighted by atomic mass is 10.2. The van der Waals surface area contributed by atoms with Crippen LogP contribution in [0.3, 0.4) is 0 Å². The zero-order chi connectivity index (χ0) is 17.4. The number of ether oxygens (including phenoxy) is 1. The summed E-state index contributed by atoms with van der Waals surface area (Å²) in [6, 6.07) is 2.09. The number of carbonyl (C=O) groups is 3. The van der Waals surface area contributed by atoms with Crippen molar-refractivity contribution in [1.82, 2.24) is 10.6 Å². The summed E-state index contributed by atoms with van der Waals surface area (Å²) < 4.78 is 31.3. The van der Waals surface area contributed by atoms with Gasteiger partial charge in [-0.25, -0.2) is 13.6 Å². The summed E-state index contributed by atoms with van der Waals surface area (Å²) >= 11 is 0. The van der Waals surface area contributed by atoms with Crippen molar-refractivity contribution in [2.45, 2.75) is 26.3 Å². The first-order chi connectivity index (χ1) is 10.9. The van der Waals surface area contributed by atoms with Crippen LogP contribution < -0.4 is 10.6 Å². The fraction of sp³-hybridized carbons (Fsp3) is 0.400. The Balaban J connectivity index is 2.50. The molecule has 6 nitrogen and oxygen atoms in total. The van der Waals surface area contributed by atoms with Gasteiger partial charge >= 0.3 is 5.97 Å². The lowest BCUT2D eigenvalue weighted by Gasteiger charge is -2.14. The van der Waals surface area contributed by atoms with Gasteiger partial charge in [-0.1, -0.05) is 13.0 Å². The van der Waals surface area contributed by atoms with Gasteiger partial charge in [0.05, 0.1) is 0 Å². The maximum absolute atomic E-state index is 13.4. The second-order valence-electron chi connectivity index (χ2n) is 4.75. The van der Waals surface area contributed by atoms with E-state index in [1.165, 1.54) is 6.92 Å². The minimum absolute atomic E-state index is 0.383. The molecule has 23 heavy (non-hydrogen) atoms. The number of nitrogens with one attached hydrogen (secondary N) is 2. The molecule has 0 aliphatic rings. The lowest BCUT2D eigenvalue weighted by molar-refractivity contribution is -0.130. The number of esters is 1. The predicted molar refractivity (Wildman–Crippen MR) is 77.5 cm³/mol. The summed E-state index contributed by atoms with van der Waals surface area (Å²) in [5.74, 6) is -4.59. The van der Waals surface area contributed by atoms with Gasteiger partial charge in [-0.05, 0) is 25.5 Å². The molecular formula is C15H18F2N2O4. The molecule has 0 saturated carbocycles. The maximum atomic E-state index is 13.4. The first-order valence-electron chi connectivity index (χ1n) is 7.05. The first kappa shape index (κ1) is 18.5. The zero-order valence-corrected chi connectivity index (χ0v) is 12.8. The summed E-state index contributed by atoms with van der Waals surface area (Å²) in [5.41, 5.74) is -0.867. The largest absolute Gasteiger partial charge is 0.452 e. The van der Waals surface area contributed by atoms with Crippen LogP contribution >= 0.6 is 0 Å². The molecule has 0 aromatic heterocycles. The molecule has 2 amide bonds. The highest BCUT2D eigenvalue weighted by atomic mass is 19.1. The van der Waals surface area contributed by atoms with Gasteiger partial charge in [0.1, 0.15) is 23.2 Å². The van der Waals surface area contributed by atoms with Crippen LogP contribution in [0.2, 0.25) is 0 Å². The van der Waals surface area contributed by atoms with Crippen LogP contribution in [0.4, 0.5) is 8.78 Å². The standard InChI is InChI=1S/C15H18F2N2O4/c1-3-7-18-14(21)9(2)19-12(20)8-23-15(22)13-10(16)5-4-6-11(13)17/h4-6,9H,3,7-8H2,1-2H3,(H,18,21)(H,19,20)/t9-/m1/s1. The topological polar surface area (TPSA) is 84.5 Å². The second-order valence-corrected chi connectivity index (χ2v) is 4.75. The first-order valence-corrected chi connectivity index (χ1v) is 7.05. The Labute approximate surface area is 132 Å². The Morgan fingerprint density at radius 1 is 1.22 bits per heavy atom. The number of benzene rings is 1. The summed E-state index contributed by atoms with van der Waals surface area (Å²) in [5, 5.41) is 4.89. The van der Waals surface area contributed by atoms with E-state index in [0.29, 0.717) is 6.54 Å². The van der Waals surface area contributed by atoms with Gasteiger partial charge in [-0.2, -0.15) is 0 Å². The Morgan fingerprint density at radius 3 is 2.39 bits per heavy atom. The quantitative estimate of drug-likeness (QED) is 0.736. The van der Waals surface area contributed by atoms with Gasteiger partial charge in [0.2, 0.25) is 5.91 Å². The van der Waals surface area contributed by atoms with Crippen LogP contribution in [0.15, 0.2) is 18.2 Å². The van der Waals surface area contributed by atoms with E-state index in [4.69, 9.17) is 0 Å². The number of carbonyl (C=O) groups excluding carboxylic acids is 3. The Bertz CT molecular complexity index is 573. The fourth-order valence-electron chi connectivity index (χ4n) is 1.65. The third-order valence-electron chi connectivity index (χ3n) is 2.82. The normalized spacial score (nSPS) is 11.5. The highest BCUT2D eigenvalue weighted by Crippen LogP contribution is 2.13. The van der Waals surface area contributed by atoms with Crippen LogP contribution in [0.1, 0.15) is 30.6 Å². The molecule has 0 saturated heterocycles. The van der Waals surface area contributed by atoms with Gasteiger partial charge < -0.3 is 15.4 Å². The van der Waals surface area contributed by atoms with Gasteiger partial charge in [-0.15, -0.1) is 0 Å². The Morgan fingerprint density at radius 2 is 1.83 bits per heavy atom. The van der Waals surface area contributed by atoms with Gasteiger partial charge in [0.15, 0.2) is 6.61 Å². The van der Waals surface area contributed by atoms with E-state index < -0.39 is 41.7 Å². The SMILES string of the molecule is CCCNC(=O)[C@@H](C)NC(=O)COC(=O)c1c(F)cccc1F. The molecule has 0 aliphatic heterocycles. The van der Waals surface area contributed by atoms with Crippen LogP contribution in [-0.2, 0) is 14.3 Å². The van der Waals surface area contributed by atoms with Crippen LogP contribution in [0, 0.1) is 11.6 Å². The summed E-state index contributed by atoms with van der Waals surface area (Å²) in [4.78, 5) is 34.7. The van der Waals surface area contributed by atoms with Crippen LogP contribution in [0.25, 0.3) is 0 Å². The van der Waals surface area contributed by atoms with Crippen LogP contribution in [0.5, 0.6) is 0 Å². The van der Waals surface area contributed by atoms with E-state index in [9.17, 15) is 23.2 Å². The van der Waals surface area contributed by atoms with Gasteiger partial charge in [-0.3, -0.25) is 9.59 Å². The third kappa shape index (κ3) is 5.65. The van der Waals surface area contributed by atoms with Crippen molar-refractivity contribution >= 4 is 17.8 Å². The maximum Gasteiger partial charge on any atom is 0.344 e. The number of rotatable bonds is 7. The molecule has 1 rings (SSSR count). The highest BCUT2D eigenvalue weighted by molar-refractivity contribution is 5.92. The Kier molecular flexibility index (Phi) is 7.11. The third-order valence-corrected chi connectivity index (χ3v) is 2.82. The van der Waals surface area contributed by atoms with E-state index in [-0.39, 0.29) is 5.91 Å². The highest BCUT2D eigenvalue weighted by Gasteiger charge is 2.20. The number of hydrogen-bond donors (Lipinski definition) is 2. The molecule has 1 atom stereocenters. The summed E-state index contributed by atoms with van der Waals surface area (Å²) in [6.45, 7) is 3.06. The molecule has 0 spiro atoms. The average Bonchev–Trinajstić information content (AvgIpc) is 2.50. The van der Waals surface area contributed by atoms with E-state index in [2.05, 4.69) is 15.4 Å². The average molecular weight is 328 g/mol. The van der Waals surface area contributed by atoms with Gasteiger partial charge in [0.25, 0.3) is 5.91 Å². The van der Waals surface area contributed by atoms with Crippen molar-refractivity contribution in [2.75, 3.05) is 13.2 Å². The molecule has 8 heteroatoms. The smallest absolute Gasteiger partial charge is 0.344 e. The van der Waals surface area contributed by atoms with E-state index in [1.54, 1.807) is 0 Å². The molecule has 0 radical (unpaired) electrons. The zero-order valence-electron chi connectivity index (χ0n) is 12.8. The molecular weight excluding hydrogens is 310 g/mol. The number of amides is 2. The van der Waals surface area contributed by atoms with E-state index >= 15 is 0 Å². The molecule has 1 aromatic carbocycles. The van der Waals surface area contributed by atoms with E-state index in [1.807, 2.05) is 6.92 Å². The molecule has 0 unspecified atom stereocenters. The molecule has 2 N–H and O–H groups in total. The molecule has 0 fully saturated rings. The van der Waals surface area contributed by atoms with Crippen molar-refractivity contribution in [3.63, 3.8) is 0 Å². The van der Waals surface area contributed by atoms with Crippen molar-refractivity contribution in [1.29, 1.82) is 0 Å².